The highest BCUT2D eigenvalue weighted by Crippen LogP contribution is 2.35. The van der Waals surface area contributed by atoms with Crippen LogP contribution in [0.1, 0.15) is 57.4 Å². The number of piperidine rings is 1. The second-order valence-corrected chi connectivity index (χ2v) is 8.77. The Morgan fingerprint density at radius 1 is 1.12 bits per heavy atom. The fourth-order valence-corrected chi connectivity index (χ4v) is 4.56. The monoisotopic (exact) mass is 446 g/mol. The Labute approximate surface area is 193 Å². The Morgan fingerprint density at radius 3 is 2.59 bits per heavy atom. The van der Waals surface area contributed by atoms with Gasteiger partial charge in [0, 0.05) is 51.5 Å². The molecule has 0 amide bonds. The summed E-state index contributed by atoms with van der Waals surface area (Å²) >= 11 is 0. The lowest BCUT2D eigenvalue weighted by molar-refractivity contribution is 0.155. The van der Waals surface area contributed by atoms with E-state index in [4.69, 9.17) is 19.2 Å². The Balaban J connectivity index is 1.59. The van der Waals surface area contributed by atoms with Crippen LogP contribution in [-0.4, -0.2) is 70.0 Å². The number of benzene rings is 1. The molecule has 0 atom stereocenters. The Hall–Kier alpha value is -1.99. The molecule has 0 unspecified atom stereocenters. The van der Waals surface area contributed by atoms with Gasteiger partial charge in [-0.2, -0.15) is 0 Å². The van der Waals surface area contributed by atoms with Crippen LogP contribution in [-0.2, 0) is 11.3 Å². The molecule has 0 aromatic heterocycles. The van der Waals surface area contributed by atoms with Gasteiger partial charge in [0.25, 0.3) is 0 Å². The summed E-state index contributed by atoms with van der Waals surface area (Å²) in [5.74, 6) is 2.52. The van der Waals surface area contributed by atoms with Crippen molar-refractivity contribution in [2.45, 2.75) is 70.6 Å². The summed E-state index contributed by atoms with van der Waals surface area (Å²) in [7, 11) is 3.48. The van der Waals surface area contributed by atoms with E-state index in [2.05, 4.69) is 28.5 Å². The van der Waals surface area contributed by atoms with Crippen molar-refractivity contribution in [2.75, 3.05) is 47.0 Å². The zero-order valence-electron chi connectivity index (χ0n) is 20.2. The molecular formula is C25H42N4O3. The highest BCUT2D eigenvalue weighted by Gasteiger charge is 2.22. The molecule has 1 saturated heterocycles. The third kappa shape index (κ3) is 7.55. The largest absolute Gasteiger partial charge is 0.493 e. The van der Waals surface area contributed by atoms with Gasteiger partial charge in [0.2, 0.25) is 0 Å². The fraction of sp³-hybridized carbons (Fsp3) is 0.720. The van der Waals surface area contributed by atoms with Gasteiger partial charge in [-0.3, -0.25) is 0 Å². The lowest BCUT2D eigenvalue weighted by atomic mass is 10.1. The molecule has 180 valence electrons. The van der Waals surface area contributed by atoms with Gasteiger partial charge in [-0.25, -0.2) is 4.99 Å². The van der Waals surface area contributed by atoms with E-state index in [0.717, 1.165) is 87.9 Å². The van der Waals surface area contributed by atoms with Crippen LogP contribution in [0.15, 0.2) is 23.2 Å². The highest BCUT2D eigenvalue weighted by molar-refractivity contribution is 5.80. The summed E-state index contributed by atoms with van der Waals surface area (Å²) in [6, 6.07) is 6.54. The van der Waals surface area contributed by atoms with Crippen molar-refractivity contribution in [2.24, 2.45) is 4.99 Å². The van der Waals surface area contributed by atoms with Gasteiger partial charge in [-0.05, 0) is 57.9 Å². The zero-order chi connectivity index (χ0) is 22.6. The summed E-state index contributed by atoms with van der Waals surface area (Å²) in [5.41, 5.74) is 1.07. The van der Waals surface area contributed by atoms with Gasteiger partial charge in [-0.15, -0.1) is 0 Å². The standard InChI is InChI=1S/C25H42N4O3/c1-4-26-25(28-21-13-16-29(17-14-21)15-8-18-30-2)27-19-20-9-7-12-23(31-3)24(20)32-22-10-5-6-11-22/h7,9,12,21-22H,4-6,8,10-11,13-19H2,1-3H3,(H2,26,27,28). The van der Waals surface area contributed by atoms with E-state index in [1.807, 2.05) is 12.1 Å². The first kappa shape index (κ1) is 24.6. The molecule has 0 spiro atoms. The molecule has 32 heavy (non-hydrogen) atoms. The van der Waals surface area contributed by atoms with Crippen LogP contribution >= 0.6 is 0 Å². The van der Waals surface area contributed by atoms with Crippen LogP contribution in [0.25, 0.3) is 0 Å². The molecule has 1 aromatic rings. The molecule has 0 bridgehead atoms. The maximum atomic E-state index is 6.37. The van der Waals surface area contributed by atoms with Crippen LogP contribution in [0.2, 0.25) is 0 Å². The van der Waals surface area contributed by atoms with E-state index in [1.54, 1.807) is 14.2 Å². The number of para-hydroxylation sites is 1. The lowest BCUT2D eigenvalue weighted by Crippen LogP contribution is -2.48. The van der Waals surface area contributed by atoms with Crippen molar-refractivity contribution >= 4 is 5.96 Å². The molecular weight excluding hydrogens is 404 g/mol. The van der Waals surface area contributed by atoms with Crippen LogP contribution < -0.4 is 20.1 Å². The highest BCUT2D eigenvalue weighted by atomic mass is 16.5. The number of guanidine groups is 1. The second kappa shape index (κ2) is 13.5. The Bertz CT molecular complexity index is 698. The maximum absolute atomic E-state index is 6.37. The van der Waals surface area contributed by atoms with Crippen LogP contribution in [0.5, 0.6) is 11.5 Å². The quantitative estimate of drug-likeness (QED) is 0.308. The normalized spacial score (nSPS) is 18.7. The predicted molar refractivity (Wildman–Crippen MR) is 130 cm³/mol. The molecule has 2 N–H and O–H groups in total. The molecule has 3 rings (SSSR count). The van der Waals surface area contributed by atoms with Crippen molar-refractivity contribution < 1.29 is 14.2 Å². The number of methoxy groups -OCH3 is 2. The van der Waals surface area contributed by atoms with E-state index in [9.17, 15) is 0 Å². The first-order valence-electron chi connectivity index (χ1n) is 12.3. The number of likely N-dealkylation sites (tertiary alicyclic amines) is 1. The maximum Gasteiger partial charge on any atom is 0.191 e. The zero-order valence-corrected chi connectivity index (χ0v) is 20.2. The fourth-order valence-electron chi connectivity index (χ4n) is 4.56. The second-order valence-electron chi connectivity index (χ2n) is 8.77. The SMILES string of the molecule is CCNC(=NCc1cccc(OC)c1OC1CCCC1)NC1CCN(CCCOC)CC1. The topological polar surface area (TPSA) is 67.4 Å². The summed E-state index contributed by atoms with van der Waals surface area (Å²) in [6.07, 6.45) is 8.38. The van der Waals surface area contributed by atoms with Crippen molar-refractivity contribution in [1.82, 2.24) is 15.5 Å². The average Bonchev–Trinajstić information content (AvgIpc) is 3.33. The molecule has 1 aromatic carbocycles. The van der Waals surface area contributed by atoms with E-state index >= 15 is 0 Å². The van der Waals surface area contributed by atoms with Gasteiger partial charge >= 0.3 is 0 Å². The molecule has 7 nitrogen and oxygen atoms in total. The number of aliphatic imine (C=N–C) groups is 1. The summed E-state index contributed by atoms with van der Waals surface area (Å²) in [5, 5.41) is 7.06. The average molecular weight is 447 g/mol. The minimum absolute atomic E-state index is 0.287. The number of rotatable bonds is 11. The summed E-state index contributed by atoms with van der Waals surface area (Å²) in [6.45, 7) is 7.71. The first-order valence-corrected chi connectivity index (χ1v) is 12.3. The van der Waals surface area contributed by atoms with Gasteiger partial charge < -0.3 is 29.7 Å². The molecule has 1 aliphatic heterocycles. The van der Waals surface area contributed by atoms with E-state index in [1.165, 1.54) is 12.8 Å². The van der Waals surface area contributed by atoms with Crippen molar-refractivity contribution in [1.29, 1.82) is 0 Å². The lowest BCUT2D eigenvalue weighted by Gasteiger charge is -2.33. The molecule has 2 fully saturated rings. The van der Waals surface area contributed by atoms with Crippen LogP contribution in [0.3, 0.4) is 0 Å². The number of hydrogen-bond donors (Lipinski definition) is 2. The van der Waals surface area contributed by atoms with Gasteiger partial charge in [0.15, 0.2) is 17.5 Å². The number of ether oxygens (including phenoxy) is 3. The van der Waals surface area contributed by atoms with E-state index in [0.29, 0.717) is 12.6 Å². The van der Waals surface area contributed by atoms with Crippen LogP contribution in [0, 0.1) is 0 Å². The molecule has 1 heterocycles. The first-order chi connectivity index (χ1) is 15.7. The Morgan fingerprint density at radius 2 is 1.91 bits per heavy atom. The van der Waals surface area contributed by atoms with E-state index < -0.39 is 0 Å². The molecule has 0 radical (unpaired) electrons. The van der Waals surface area contributed by atoms with Gasteiger partial charge in [0.05, 0.1) is 19.8 Å². The van der Waals surface area contributed by atoms with Crippen molar-refractivity contribution in [3.05, 3.63) is 23.8 Å². The van der Waals surface area contributed by atoms with E-state index in [-0.39, 0.29) is 6.10 Å². The smallest absolute Gasteiger partial charge is 0.191 e. The van der Waals surface area contributed by atoms with Crippen molar-refractivity contribution in [3.63, 3.8) is 0 Å². The number of hydrogen-bond acceptors (Lipinski definition) is 5. The van der Waals surface area contributed by atoms with Crippen molar-refractivity contribution in [3.8, 4) is 11.5 Å². The summed E-state index contributed by atoms with van der Waals surface area (Å²) < 4.78 is 17.2. The molecule has 1 aliphatic carbocycles. The molecule has 2 aliphatic rings. The van der Waals surface area contributed by atoms with Gasteiger partial charge in [-0.1, -0.05) is 12.1 Å². The summed E-state index contributed by atoms with van der Waals surface area (Å²) in [4.78, 5) is 7.43. The predicted octanol–water partition coefficient (Wildman–Crippen LogP) is 3.57. The number of nitrogens with one attached hydrogen (secondary N) is 2. The minimum atomic E-state index is 0.287. The third-order valence-corrected chi connectivity index (χ3v) is 6.37. The minimum Gasteiger partial charge on any atom is -0.493 e. The van der Waals surface area contributed by atoms with Gasteiger partial charge in [0.1, 0.15) is 0 Å². The molecule has 7 heteroatoms. The van der Waals surface area contributed by atoms with Crippen LogP contribution in [0.4, 0.5) is 0 Å². The number of nitrogens with zero attached hydrogens (tertiary/aromatic N) is 2. The Kier molecular flexibility index (Phi) is 10.4. The molecule has 1 saturated carbocycles. The third-order valence-electron chi connectivity index (χ3n) is 6.37.